The average molecular weight is 417 g/mol. The molecule has 0 bridgehead atoms. The predicted octanol–water partition coefficient (Wildman–Crippen LogP) is -0.651. The van der Waals surface area contributed by atoms with E-state index < -0.39 is 0 Å². The molecule has 0 aromatic carbocycles. The smallest absolute Gasteiger partial charge is 0.290 e. The molecule has 3 aliphatic rings. The van der Waals surface area contributed by atoms with E-state index in [0.717, 1.165) is 78.4 Å². The molecule has 3 aliphatic heterocycles. The topological polar surface area (TPSA) is 114 Å². The average Bonchev–Trinajstić information content (AvgIpc) is 2.94. The van der Waals surface area contributed by atoms with E-state index in [9.17, 15) is 4.79 Å². The summed E-state index contributed by atoms with van der Waals surface area (Å²) < 4.78 is 5.44. The molecule has 3 fully saturated rings. The minimum atomic E-state index is -0.250. The second-order valence-electron chi connectivity index (χ2n) is 7.40. The van der Waals surface area contributed by atoms with Gasteiger partial charge in [-0.3, -0.25) is 24.2 Å². The monoisotopic (exact) mass is 416 g/mol. The summed E-state index contributed by atoms with van der Waals surface area (Å²) in [5.74, 6) is 0.329. The van der Waals surface area contributed by atoms with E-state index in [1.807, 2.05) is 0 Å². The van der Waals surface area contributed by atoms with Crippen molar-refractivity contribution in [3.63, 3.8) is 0 Å². The molecule has 0 radical (unpaired) electrons. The largest absolute Gasteiger partial charge is 0.483 e. The van der Waals surface area contributed by atoms with Crippen LogP contribution in [0.4, 0.5) is 0 Å². The first kappa shape index (κ1) is 25.3. The molecule has 0 atom stereocenters. The van der Waals surface area contributed by atoms with Crippen molar-refractivity contribution in [2.24, 2.45) is 0 Å². The molecule has 2 N–H and O–H groups in total. The number of amides is 1. The summed E-state index contributed by atoms with van der Waals surface area (Å²) in [6.45, 7) is 10.1. The van der Waals surface area contributed by atoms with E-state index >= 15 is 0 Å². The van der Waals surface area contributed by atoms with E-state index in [1.165, 1.54) is 6.42 Å². The lowest BCUT2D eigenvalue weighted by atomic mass is 10.0. The van der Waals surface area contributed by atoms with Gasteiger partial charge in [0.15, 0.2) is 0 Å². The number of carboxylic acid groups (broad SMARTS) is 2. The Morgan fingerprint density at radius 2 is 1.52 bits per heavy atom. The molecule has 0 aliphatic carbocycles. The normalized spacial score (nSPS) is 22.3. The quantitative estimate of drug-likeness (QED) is 0.579. The molecule has 0 aromatic heterocycles. The Hall–Kier alpha value is -1.75. The maximum absolute atomic E-state index is 12.6. The van der Waals surface area contributed by atoms with E-state index in [-0.39, 0.29) is 12.9 Å². The molecule has 168 valence electrons. The Morgan fingerprint density at radius 1 is 0.931 bits per heavy atom. The van der Waals surface area contributed by atoms with Gasteiger partial charge in [0, 0.05) is 45.3 Å². The number of likely N-dealkylation sites (tertiary alicyclic amines) is 1. The lowest BCUT2D eigenvalue weighted by Crippen LogP contribution is -2.51. The summed E-state index contributed by atoms with van der Waals surface area (Å²) in [6, 6.07) is 0.648. The summed E-state index contributed by atoms with van der Waals surface area (Å²) >= 11 is 0. The van der Waals surface area contributed by atoms with Gasteiger partial charge in [-0.25, -0.2) is 0 Å². The van der Waals surface area contributed by atoms with Gasteiger partial charge in [0.1, 0.15) is 0 Å². The van der Waals surface area contributed by atoms with Crippen molar-refractivity contribution in [1.29, 1.82) is 0 Å². The number of hydrogen-bond donors (Lipinski definition) is 2. The summed E-state index contributed by atoms with van der Waals surface area (Å²) in [7, 11) is 2.17. The van der Waals surface area contributed by atoms with Crippen LogP contribution in [0.25, 0.3) is 0 Å². The predicted molar refractivity (Wildman–Crippen MR) is 108 cm³/mol. The number of morpholine rings is 1. The number of hydrogen-bond acceptors (Lipinski definition) is 7. The van der Waals surface area contributed by atoms with Crippen molar-refractivity contribution in [3.05, 3.63) is 0 Å². The second kappa shape index (κ2) is 15.1. The fourth-order valence-corrected chi connectivity index (χ4v) is 3.97. The number of likely N-dealkylation sites (N-methyl/N-ethyl adjacent to an activating group) is 1. The van der Waals surface area contributed by atoms with Gasteiger partial charge < -0.3 is 24.7 Å². The molecule has 3 saturated heterocycles. The molecule has 0 unspecified atom stereocenters. The van der Waals surface area contributed by atoms with Crippen molar-refractivity contribution < 1.29 is 29.3 Å². The first-order valence-electron chi connectivity index (χ1n) is 10.2. The van der Waals surface area contributed by atoms with Crippen molar-refractivity contribution in [2.75, 3.05) is 79.2 Å². The van der Waals surface area contributed by atoms with E-state index in [1.54, 1.807) is 0 Å². The van der Waals surface area contributed by atoms with Crippen LogP contribution in [0.15, 0.2) is 0 Å². The Kier molecular flexibility index (Phi) is 13.2. The fraction of sp³-hybridized carbons (Fsp3) is 0.842. The minimum absolute atomic E-state index is 0.250. The third-order valence-corrected chi connectivity index (χ3v) is 5.55. The highest BCUT2D eigenvalue weighted by molar-refractivity contribution is 5.78. The number of nitrogens with zero attached hydrogens (tertiary/aromatic N) is 4. The molecule has 29 heavy (non-hydrogen) atoms. The molecule has 0 aromatic rings. The number of carbonyl (C=O) groups excluding carboxylic acids is 1. The van der Waals surface area contributed by atoms with Gasteiger partial charge in [-0.05, 0) is 39.4 Å². The zero-order valence-corrected chi connectivity index (χ0v) is 17.4. The SMILES string of the molecule is CN1CCCN(CC(=O)N2CCC(N3CCOCC3)CC2)CC1.O=CO.O=CO. The lowest BCUT2D eigenvalue weighted by Gasteiger charge is -2.40. The van der Waals surface area contributed by atoms with E-state index in [2.05, 4.69) is 26.6 Å². The van der Waals surface area contributed by atoms with Crippen LogP contribution >= 0.6 is 0 Å². The van der Waals surface area contributed by atoms with Gasteiger partial charge in [0.2, 0.25) is 5.91 Å². The van der Waals surface area contributed by atoms with Crippen molar-refractivity contribution in [1.82, 2.24) is 19.6 Å². The van der Waals surface area contributed by atoms with Crippen LogP contribution in [0.2, 0.25) is 0 Å². The first-order chi connectivity index (χ1) is 14.0. The molecular weight excluding hydrogens is 380 g/mol. The Balaban J connectivity index is 0.000000626. The number of carbonyl (C=O) groups is 3. The summed E-state index contributed by atoms with van der Waals surface area (Å²) in [4.78, 5) is 38.6. The van der Waals surface area contributed by atoms with Crippen LogP contribution in [0.1, 0.15) is 19.3 Å². The van der Waals surface area contributed by atoms with Gasteiger partial charge in [-0.1, -0.05) is 0 Å². The molecule has 0 spiro atoms. The van der Waals surface area contributed by atoms with Gasteiger partial charge in [0.05, 0.1) is 19.8 Å². The Bertz CT molecular complexity index is 462. The van der Waals surface area contributed by atoms with E-state index in [4.69, 9.17) is 24.5 Å². The summed E-state index contributed by atoms with van der Waals surface area (Å²) in [5.41, 5.74) is 0. The number of ether oxygens (including phenoxy) is 1. The van der Waals surface area contributed by atoms with Crippen molar-refractivity contribution in [2.45, 2.75) is 25.3 Å². The highest BCUT2D eigenvalue weighted by atomic mass is 16.5. The number of rotatable bonds is 3. The van der Waals surface area contributed by atoms with Crippen LogP contribution in [-0.4, -0.2) is 134 Å². The molecular formula is C19H36N4O6. The van der Waals surface area contributed by atoms with Crippen molar-refractivity contribution in [3.8, 4) is 0 Å². The highest BCUT2D eigenvalue weighted by Crippen LogP contribution is 2.18. The molecule has 0 saturated carbocycles. The molecule has 3 heterocycles. The van der Waals surface area contributed by atoms with Crippen LogP contribution in [0.3, 0.4) is 0 Å². The molecule has 3 rings (SSSR count). The lowest BCUT2D eigenvalue weighted by molar-refractivity contribution is -0.134. The van der Waals surface area contributed by atoms with Crippen LogP contribution < -0.4 is 0 Å². The first-order valence-corrected chi connectivity index (χ1v) is 10.2. The summed E-state index contributed by atoms with van der Waals surface area (Å²) in [6.07, 6.45) is 3.41. The van der Waals surface area contributed by atoms with E-state index in [0.29, 0.717) is 18.5 Å². The number of piperidine rings is 1. The zero-order valence-electron chi connectivity index (χ0n) is 17.4. The van der Waals surface area contributed by atoms with Crippen LogP contribution in [-0.2, 0) is 19.1 Å². The molecule has 1 amide bonds. The third kappa shape index (κ3) is 10.0. The molecule has 10 nitrogen and oxygen atoms in total. The third-order valence-electron chi connectivity index (χ3n) is 5.55. The van der Waals surface area contributed by atoms with Crippen LogP contribution in [0.5, 0.6) is 0 Å². The molecule has 10 heteroatoms. The Labute approximate surface area is 173 Å². The standard InChI is InChI=1S/C17H32N4O2.2CH2O2/c1-18-5-2-6-19(10-9-18)15-17(22)21-7-3-16(4-8-21)20-11-13-23-14-12-20;2*2-1-3/h16H,2-15H2,1H3;2*1H,(H,2,3). The van der Waals surface area contributed by atoms with Crippen LogP contribution in [0, 0.1) is 0 Å². The minimum Gasteiger partial charge on any atom is -0.483 e. The van der Waals surface area contributed by atoms with Gasteiger partial charge in [-0.2, -0.15) is 0 Å². The second-order valence-corrected chi connectivity index (χ2v) is 7.40. The maximum atomic E-state index is 12.6. The van der Waals surface area contributed by atoms with Gasteiger partial charge in [0.25, 0.3) is 12.9 Å². The zero-order chi connectivity index (χ0) is 21.5. The highest BCUT2D eigenvalue weighted by Gasteiger charge is 2.28. The Morgan fingerprint density at radius 3 is 2.10 bits per heavy atom. The fourth-order valence-electron chi connectivity index (χ4n) is 3.97. The van der Waals surface area contributed by atoms with Crippen molar-refractivity contribution >= 4 is 18.9 Å². The summed E-state index contributed by atoms with van der Waals surface area (Å²) in [5, 5.41) is 13.8. The van der Waals surface area contributed by atoms with Gasteiger partial charge >= 0.3 is 0 Å². The maximum Gasteiger partial charge on any atom is 0.290 e. The van der Waals surface area contributed by atoms with Gasteiger partial charge in [-0.15, -0.1) is 0 Å².